The number of hydrogen-bond acceptors (Lipinski definition) is 6. The summed E-state index contributed by atoms with van der Waals surface area (Å²) >= 11 is 1.41. The highest BCUT2D eigenvalue weighted by molar-refractivity contribution is 7.14. The number of benzene rings is 2. The van der Waals surface area contributed by atoms with Crippen LogP contribution in [-0.4, -0.2) is 24.6 Å². The SMILES string of the molecule is COc1ccc2c(CC(=O)Nc3nc(-c4ccc5c(c4)CCO5)cs3)coc2c1. The fraction of sp³-hybridized carbons (Fsp3) is 0.182. The fourth-order valence-electron chi connectivity index (χ4n) is 3.47. The minimum Gasteiger partial charge on any atom is -0.497 e. The van der Waals surface area contributed by atoms with Gasteiger partial charge in [0.1, 0.15) is 17.1 Å². The van der Waals surface area contributed by atoms with Crippen molar-refractivity contribution in [1.82, 2.24) is 4.98 Å². The van der Waals surface area contributed by atoms with E-state index in [4.69, 9.17) is 13.9 Å². The van der Waals surface area contributed by atoms with E-state index in [9.17, 15) is 4.79 Å². The summed E-state index contributed by atoms with van der Waals surface area (Å²) in [4.78, 5) is 17.1. The van der Waals surface area contributed by atoms with Crippen molar-refractivity contribution < 1.29 is 18.7 Å². The minimum atomic E-state index is -0.133. The minimum absolute atomic E-state index is 0.133. The highest BCUT2D eigenvalue weighted by Crippen LogP contribution is 2.32. The molecule has 3 heterocycles. The van der Waals surface area contributed by atoms with Crippen LogP contribution in [0.5, 0.6) is 11.5 Å². The van der Waals surface area contributed by atoms with E-state index >= 15 is 0 Å². The van der Waals surface area contributed by atoms with E-state index in [2.05, 4.69) is 16.4 Å². The van der Waals surface area contributed by atoms with Crippen molar-refractivity contribution in [2.24, 2.45) is 0 Å². The number of furan rings is 1. The number of methoxy groups -OCH3 is 1. The summed E-state index contributed by atoms with van der Waals surface area (Å²) in [7, 11) is 1.61. The first-order valence-corrected chi connectivity index (χ1v) is 10.1. The number of thiazole rings is 1. The number of carbonyl (C=O) groups excluding carboxylic acids is 1. The molecule has 146 valence electrons. The highest BCUT2D eigenvalue weighted by atomic mass is 32.1. The molecule has 0 fully saturated rings. The zero-order valence-electron chi connectivity index (χ0n) is 15.7. The summed E-state index contributed by atoms with van der Waals surface area (Å²) in [6.45, 7) is 0.729. The Morgan fingerprint density at radius 3 is 3.10 bits per heavy atom. The molecule has 1 aliphatic rings. The average Bonchev–Trinajstić information content (AvgIpc) is 3.47. The van der Waals surface area contributed by atoms with Crippen molar-refractivity contribution in [1.29, 1.82) is 0 Å². The molecule has 0 atom stereocenters. The number of aromatic nitrogens is 1. The van der Waals surface area contributed by atoms with E-state index in [-0.39, 0.29) is 12.3 Å². The van der Waals surface area contributed by atoms with Gasteiger partial charge in [-0.2, -0.15) is 0 Å². The van der Waals surface area contributed by atoms with Crippen LogP contribution < -0.4 is 14.8 Å². The molecule has 0 radical (unpaired) electrons. The van der Waals surface area contributed by atoms with E-state index in [1.54, 1.807) is 13.4 Å². The third-order valence-corrected chi connectivity index (χ3v) is 5.71. The molecule has 2 aromatic heterocycles. The van der Waals surface area contributed by atoms with Crippen LogP contribution in [0.15, 0.2) is 52.5 Å². The second kappa shape index (κ2) is 7.25. The maximum atomic E-state index is 12.5. The average molecular weight is 406 g/mol. The van der Waals surface area contributed by atoms with Crippen molar-refractivity contribution in [2.75, 3.05) is 19.0 Å². The van der Waals surface area contributed by atoms with Gasteiger partial charge in [-0.3, -0.25) is 4.79 Å². The summed E-state index contributed by atoms with van der Waals surface area (Å²) < 4.78 is 16.3. The molecule has 0 unspecified atom stereocenters. The van der Waals surface area contributed by atoms with Crippen molar-refractivity contribution in [3.8, 4) is 22.8 Å². The summed E-state index contributed by atoms with van der Waals surface area (Å²) in [6.07, 6.45) is 2.75. The van der Waals surface area contributed by atoms with Crippen LogP contribution in [0.3, 0.4) is 0 Å². The van der Waals surface area contributed by atoms with E-state index in [0.717, 1.165) is 46.7 Å². The van der Waals surface area contributed by atoms with Gasteiger partial charge < -0.3 is 19.2 Å². The lowest BCUT2D eigenvalue weighted by Gasteiger charge is -2.02. The number of anilines is 1. The number of hydrogen-bond donors (Lipinski definition) is 1. The maximum Gasteiger partial charge on any atom is 0.230 e. The number of fused-ring (bicyclic) bond motifs is 2. The van der Waals surface area contributed by atoms with Crippen LogP contribution in [0.2, 0.25) is 0 Å². The normalized spacial score (nSPS) is 12.6. The largest absolute Gasteiger partial charge is 0.497 e. The molecule has 0 saturated heterocycles. The first-order chi connectivity index (χ1) is 14.2. The Balaban J connectivity index is 1.29. The monoisotopic (exact) mass is 406 g/mol. The van der Waals surface area contributed by atoms with Gasteiger partial charge in [-0.25, -0.2) is 4.98 Å². The molecule has 4 aromatic rings. The van der Waals surface area contributed by atoms with E-state index in [0.29, 0.717) is 10.7 Å². The molecule has 1 N–H and O–H groups in total. The standard InChI is InChI=1S/C22H18N2O4S/c1-26-16-3-4-17-15(11-28-20(17)10-16)9-21(25)24-22-23-18(12-29-22)13-2-5-19-14(8-13)6-7-27-19/h2-5,8,10-12H,6-7,9H2,1H3,(H,23,24,25). The number of amides is 1. The van der Waals surface area contributed by atoms with Crippen LogP contribution in [0.25, 0.3) is 22.2 Å². The number of carbonyl (C=O) groups is 1. The van der Waals surface area contributed by atoms with Gasteiger partial charge in [0.25, 0.3) is 0 Å². The molecular formula is C22H18N2O4S. The number of nitrogens with one attached hydrogen (secondary N) is 1. The number of nitrogens with zero attached hydrogens (tertiary/aromatic N) is 1. The Hall–Kier alpha value is -3.32. The molecule has 2 aromatic carbocycles. The van der Waals surface area contributed by atoms with Crippen LogP contribution in [-0.2, 0) is 17.6 Å². The topological polar surface area (TPSA) is 73.6 Å². The Bertz CT molecular complexity index is 1210. The zero-order chi connectivity index (χ0) is 19.8. The lowest BCUT2D eigenvalue weighted by molar-refractivity contribution is -0.115. The molecule has 0 saturated carbocycles. The van der Waals surface area contributed by atoms with Crippen molar-refractivity contribution in [3.63, 3.8) is 0 Å². The lowest BCUT2D eigenvalue weighted by Crippen LogP contribution is -2.13. The molecule has 1 aliphatic heterocycles. The predicted octanol–water partition coefficient (Wildman–Crippen LogP) is 4.68. The van der Waals surface area contributed by atoms with Crippen LogP contribution >= 0.6 is 11.3 Å². The van der Waals surface area contributed by atoms with Gasteiger partial charge in [-0.05, 0) is 35.9 Å². The van der Waals surface area contributed by atoms with Gasteiger partial charge in [-0.1, -0.05) is 0 Å². The second-order valence-electron chi connectivity index (χ2n) is 6.81. The molecule has 0 spiro atoms. The molecule has 5 rings (SSSR count). The molecular weight excluding hydrogens is 388 g/mol. The van der Waals surface area contributed by atoms with Crippen LogP contribution in [0, 0.1) is 0 Å². The van der Waals surface area contributed by atoms with Crippen molar-refractivity contribution >= 4 is 33.3 Å². The summed E-state index contributed by atoms with van der Waals surface area (Å²) in [6, 6.07) is 11.7. The molecule has 0 aliphatic carbocycles. The van der Waals surface area contributed by atoms with Gasteiger partial charge in [0, 0.05) is 34.4 Å². The van der Waals surface area contributed by atoms with E-state index < -0.39 is 0 Å². The van der Waals surface area contributed by atoms with Crippen LogP contribution in [0.1, 0.15) is 11.1 Å². The smallest absolute Gasteiger partial charge is 0.230 e. The summed E-state index contributed by atoms with van der Waals surface area (Å²) in [5.41, 5.74) is 4.60. The van der Waals surface area contributed by atoms with Crippen LogP contribution in [0.4, 0.5) is 5.13 Å². The Morgan fingerprint density at radius 1 is 1.28 bits per heavy atom. The van der Waals surface area contributed by atoms with Crippen molar-refractivity contribution in [2.45, 2.75) is 12.8 Å². The second-order valence-corrected chi connectivity index (χ2v) is 7.66. The van der Waals surface area contributed by atoms with Crippen molar-refractivity contribution in [3.05, 3.63) is 59.2 Å². The molecule has 0 bridgehead atoms. The first-order valence-electron chi connectivity index (χ1n) is 9.25. The van der Waals surface area contributed by atoms with Gasteiger partial charge in [0.15, 0.2) is 5.13 Å². The highest BCUT2D eigenvalue weighted by Gasteiger charge is 2.16. The van der Waals surface area contributed by atoms with Gasteiger partial charge in [-0.15, -0.1) is 11.3 Å². The summed E-state index contributed by atoms with van der Waals surface area (Å²) in [5.74, 6) is 1.53. The van der Waals surface area contributed by atoms with Gasteiger partial charge in [0.05, 0.1) is 32.1 Å². The molecule has 6 nitrogen and oxygen atoms in total. The summed E-state index contributed by atoms with van der Waals surface area (Å²) in [5, 5.41) is 6.32. The van der Waals surface area contributed by atoms with Gasteiger partial charge in [0.2, 0.25) is 5.91 Å². The van der Waals surface area contributed by atoms with E-state index in [1.165, 1.54) is 16.9 Å². The first kappa shape index (κ1) is 17.8. The Kier molecular flexibility index (Phi) is 4.44. The Morgan fingerprint density at radius 2 is 2.21 bits per heavy atom. The zero-order valence-corrected chi connectivity index (χ0v) is 16.5. The lowest BCUT2D eigenvalue weighted by atomic mass is 10.1. The number of ether oxygens (including phenoxy) is 2. The fourth-order valence-corrected chi connectivity index (χ4v) is 4.21. The maximum absolute atomic E-state index is 12.5. The third kappa shape index (κ3) is 3.45. The van der Waals surface area contributed by atoms with E-state index in [1.807, 2.05) is 35.7 Å². The predicted molar refractivity (Wildman–Crippen MR) is 112 cm³/mol. The van der Waals surface area contributed by atoms with Gasteiger partial charge >= 0.3 is 0 Å². The molecule has 29 heavy (non-hydrogen) atoms. The molecule has 1 amide bonds. The quantitative estimate of drug-likeness (QED) is 0.521. The third-order valence-electron chi connectivity index (χ3n) is 4.95. The Labute approximate surface area is 171 Å². The number of rotatable bonds is 5. The molecule has 7 heteroatoms.